The molecule has 2 heterocycles. The smallest absolute Gasteiger partial charge is 0.303 e. The summed E-state index contributed by atoms with van der Waals surface area (Å²) in [6.45, 7) is 8.71. The van der Waals surface area contributed by atoms with Gasteiger partial charge in [0.15, 0.2) is 5.82 Å². The largest absolute Gasteiger partial charge is 0.481 e. The topological polar surface area (TPSA) is 79.5 Å². The summed E-state index contributed by atoms with van der Waals surface area (Å²) in [5, 5.41) is 13.0. The SMILES string of the molecule is CC(C)c1nc(CN2CCCC(C(C)CC(=O)O)C2)no1. The minimum absolute atomic E-state index is 0.210. The summed E-state index contributed by atoms with van der Waals surface area (Å²) in [6, 6.07) is 0. The third kappa shape index (κ3) is 4.52. The van der Waals surface area contributed by atoms with Crippen LogP contribution in [0.1, 0.15) is 57.7 Å². The molecule has 0 saturated carbocycles. The van der Waals surface area contributed by atoms with E-state index in [-0.39, 0.29) is 18.3 Å². The first-order chi connectivity index (χ1) is 9.95. The molecule has 0 aliphatic carbocycles. The highest BCUT2D eigenvalue weighted by Crippen LogP contribution is 2.26. The Labute approximate surface area is 125 Å². The molecule has 0 spiro atoms. The number of nitrogens with zero attached hydrogens (tertiary/aromatic N) is 3. The summed E-state index contributed by atoms with van der Waals surface area (Å²) in [6.07, 6.45) is 2.45. The number of hydrogen-bond acceptors (Lipinski definition) is 5. The van der Waals surface area contributed by atoms with Crippen molar-refractivity contribution < 1.29 is 14.4 Å². The molecule has 0 radical (unpaired) electrons. The molecule has 118 valence electrons. The molecule has 0 bridgehead atoms. The van der Waals surface area contributed by atoms with Crippen LogP contribution >= 0.6 is 0 Å². The zero-order chi connectivity index (χ0) is 15.4. The van der Waals surface area contributed by atoms with Crippen molar-refractivity contribution in [3.05, 3.63) is 11.7 Å². The Morgan fingerprint density at radius 3 is 2.86 bits per heavy atom. The lowest BCUT2D eigenvalue weighted by Crippen LogP contribution is -2.38. The number of carboxylic acid groups (broad SMARTS) is 1. The quantitative estimate of drug-likeness (QED) is 0.868. The molecule has 1 aromatic rings. The molecule has 1 saturated heterocycles. The first-order valence-electron chi connectivity index (χ1n) is 7.72. The summed E-state index contributed by atoms with van der Waals surface area (Å²) in [7, 11) is 0. The molecule has 1 N–H and O–H groups in total. The molecular weight excluding hydrogens is 270 g/mol. The minimum Gasteiger partial charge on any atom is -0.481 e. The van der Waals surface area contributed by atoms with Gasteiger partial charge >= 0.3 is 5.97 Å². The number of rotatable bonds is 6. The Balaban J connectivity index is 1.89. The van der Waals surface area contributed by atoms with Crippen molar-refractivity contribution in [2.75, 3.05) is 13.1 Å². The molecule has 2 atom stereocenters. The number of carboxylic acids is 1. The highest BCUT2D eigenvalue weighted by atomic mass is 16.5. The van der Waals surface area contributed by atoms with Crippen LogP contribution in [0, 0.1) is 11.8 Å². The van der Waals surface area contributed by atoms with E-state index in [4.69, 9.17) is 9.63 Å². The van der Waals surface area contributed by atoms with Crippen LogP contribution in [0.15, 0.2) is 4.52 Å². The van der Waals surface area contributed by atoms with Gasteiger partial charge in [-0.15, -0.1) is 0 Å². The molecule has 1 aliphatic rings. The summed E-state index contributed by atoms with van der Waals surface area (Å²) >= 11 is 0. The Hall–Kier alpha value is -1.43. The van der Waals surface area contributed by atoms with Crippen LogP contribution in [-0.4, -0.2) is 39.2 Å². The van der Waals surface area contributed by atoms with E-state index in [2.05, 4.69) is 15.0 Å². The van der Waals surface area contributed by atoms with Gasteiger partial charge in [-0.25, -0.2) is 0 Å². The van der Waals surface area contributed by atoms with E-state index >= 15 is 0 Å². The van der Waals surface area contributed by atoms with E-state index in [0.29, 0.717) is 18.4 Å². The predicted molar refractivity (Wildman–Crippen MR) is 77.8 cm³/mol. The normalized spacial score (nSPS) is 21.6. The van der Waals surface area contributed by atoms with Gasteiger partial charge in [0.25, 0.3) is 0 Å². The fourth-order valence-corrected chi connectivity index (χ4v) is 2.91. The predicted octanol–water partition coefficient (Wildman–Crippen LogP) is 2.52. The Kier molecular flexibility index (Phi) is 5.33. The number of carbonyl (C=O) groups is 1. The highest BCUT2D eigenvalue weighted by Gasteiger charge is 2.26. The molecule has 2 unspecified atom stereocenters. The van der Waals surface area contributed by atoms with Gasteiger partial charge in [0.05, 0.1) is 6.54 Å². The lowest BCUT2D eigenvalue weighted by atomic mass is 9.84. The standard InChI is InChI=1S/C15H25N3O3/c1-10(2)15-16-13(17-21-15)9-18-6-4-5-12(8-18)11(3)7-14(19)20/h10-12H,4-9H2,1-3H3,(H,19,20). The Bertz CT molecular complexity index is 472. The van der Waals surface area contributed by atoms with Gasteiger partial charge in [0.1, 0.15) is 0 Å². The summed E-state index contributed by atoms with van der Waals surface area (Å²) in [5.41, 5.74) is 0. The minimum atomic E-state index is -0.709. The van der Waals surface area contributed by atoms with Crippen LogP contribution in [-0.2, 0) is 11.3 Å². The second kappa shape index (κ2) is 7.02. The second-order valence-corrected chi connectivity index (χ2v) is 6.42. The van der Waals surface area contributed by atoms with Crippen molar-refractivity contribution in [3.8, 4) is 0 Å². The van der Waals surface area contributed by atoms with Crippen LogP contribution in [0.3, 0.4) is 0 Å². The van der Waals surface area contributed by atoms with Gasteiger partial charge in [-0.3, -0.25) is 9.69 Å². The average molecular weight is 295 g/mol. The lowest BCUT2D eigenvalue weighted by molar-refractivity contribution is -0.138. The molecule has 0 amide bonds. The van der Waals surface area contributed by atoms with E-state index in [1.165, 1.54) is 0 Å². The Morgan fingerprint density at radius 1 is 1.48 bits per heavy atom. The maximum Gasteiger partial charge on any atom is 0.303 e. The molecule has 1 aliphatic heterocycles. The fraction of sp³-hybridized carbons (Fsp3) is 0.800. The van der Waals surface area contributed by atoms with E-state index in [0.717, 1.165) is 31.8 Å². The van der Waals surface area contributed by atoms with Crippen molar-refractivity contribution in [2.24, 2.45) is 11.8 Å². The van der Waals surface area contributed by atoms with E-state index < -0.39 is 5.97 Å². The Morgan fingerprint density at radius 2 is 2.24 bits per heavy atom. The summed E-state index contributed by atoms with van der Waals surface area (Å²) in [5.74, 6) is 1.59. The maximum atomic E-state index is 10.8. The van der Waals surface area contributed by atoms with Gasteiger partial charge < -0.3 is 9.63 Å². The number of piperidine rings is 1. The van der Waals surface area contributed by atoms with Gasteiger partial charge in [0, 0.05) is 18.9 Å². The van der Waals surface area contributed by atoms with Crippen molar-refractivity contribution in [1.82, 2.24) is 15.0 Å². The van der Waals surface area contributed by atoms with Crippen molar-refractivity contribution >= 4 is 5.97 Å². The van der Waals surface area contributed by atoms with E-state index in [1.54, 1.807) is 0 Å². The maximum absolute atomic E-state index is 10.8. The van der Waals surface area contributed by atoms with Gasteiger partial charge in [-0.2, -0.15) is 4.98 Å². The lowest BCUT2D eigenvalue weighted by Gasteiger charge is -2.34. The van der Waals surface area contributed by atoms with Crippen LogP contribution in [0.2, 0.25) is 0 Å². The van der Waals surface area contributed by atoms with Crippen LogP contribution in [0.25, 0.3) is 0 Å². The highest BCUT2D eigenvalue weighted by molar-refractivity contribution is 5.67. The van der Waals surface area contributed by atoms with Crippen LogP contribution in [0.5, 0.6) is 0 Å². The molecule has 6 heteroatoms. The molecule has 0 aromatic carbocycles. The summed E-state index contributed by atoms with van der Waals surface area (Å²) < 4.78 is 5.23. The van der Waals surface area contributed by atoms with Crippen molar-refractivity contribution in [1.29, 1.82) is 0 Å². The number of aromatic nitrogens is 2. The number of likely N-dealkylation sites (tertiary alicyclic amines) is 1. The third-order valence-electron chi connectivity index (χ3n) is 4.19. The van der Waals surface area contributed by atoms with Crippen LogP contribution in [0.4, 0.5) is 0 Å². The molecule has 6 nitrogen and oxygen atoms in total. The van der Waals surface area contributed by atoms with Gasteiger partial charge in [0.2, 0.25) is 5.89 Å². The molecule has 2 rings (SSSR count). The zero-order valence-corrected chi connectivity index (χ0v) is 13.1. The van der Waals surface area contributed by atoms with E-state index in [9.17, 15) is 4.79 Å². The average Bonchev–Trinajstić information content (AvgIpc) is 2.87. The molecule has 1 aromatic heterocycles. The van der Waals surface area contributed by atoms with E-state index in [1.807, 2.05) is 20.8 Å². The fourth-order valence-electron chi connectivity index (χ4n) is 2.91. The van der Waals surface area contributed by atoms with Crippen LogP contribution < -0.4 is 0 Å². The first-order valence-corrected chi connectivity index (χ1v) is 7.72. The molecular formula is C15H25N3O3. The second-order valence-electron chi connectivity index (χ2n) is 6.42. The molecule has 21 heavy (non-hydrogen) atoms. The number of hydrogen-bond donors (Lipinski definition) is 1. The van der Waals surface area contributed by atoms with Crippen molar-refractivity contribution in [3.63, 3.8) is 0 Å². The zero-order valence-electron chi connectivity index (χ0n) is 13.1. The number of aliphatic carboxylic acids is 1. The third-order valence-corrected chi connectivity index (χ3v) is 4.19. The monoisotopic (exact) mass is 295 g/mol. The first kappa shape index (κ1) is 15.9. The van der Waals surface area contributed by atoms with Gasteiger partial charge in [-0.05, 0) is 31.2 Å². The van der Waals surface area contributed by atoms with Crippen molar-refractivity contribution in [2.45, 2.75) is 52.5 Å². The van der Waals surface area contributed by atoms with Gasteiger partial charge in [-0.1, -0.05) is 25.9 Å². The molecule has 1 fully saturated rings. The summed E-state index contributed by atoms with van der Waals surface area (Å²) in [4.78, 5) is 17.6.